The van der Waals surface area contributed by atoms with E-state index >= 15 is 9.59 Å². The highest BCUT2D eigenvalue weighted by molar-refractivity contribution is 6.32. The van der Waals surface area contributed by atoms with Crippen LogP contribution in [0.25, 0.3) is 5.57 Å². The standard InChI is InChI=1S/C47H36N2O8/c50-40-24-33(57-27-28-10-4-1-5-11-28)20-21-35(40)43-34-22-23-36-42(46(54)48(45(36)53)31-16-18-32(19-17-31)49(55)56)38(34)25-39-44(52)37(29-12-6-2-7-13-29)26-41(51)47(39,43)30-14-8-3-9-15-30/h1-22,24,26,36,38-39,42-43,50H,23,25,27H2. The number of Topliss-reactive ketones (excluding diaryl/α,β-unsaturated/α-hetero) is 1. The summed E-state index contributed by atoms with van der Waals surface area (Å²) in [6.07, 6.45) is 3.65. The second-order valence-electron chi connectivity index (χ2n) is 15.1. The van der Waals surface area contributed by atoms with E-state index in [0.717, 1.165) is 10.5 Å². The van der Waals surface area contributed by atoms with E-state index in [1.54, 1.807) is 36.4 Å². The Labute approximate surface area is 327 Å². The molecule has 1 N–H and O–H groups in total. The maximum atomic E-state index is 15.3. The van der Waals surface area contributed by atoms with Gasteiger partial charge in [-0.15, -0.1) is 0 Å². The molecule has 57 heavy (non-hydrogen) atoms. The lowest BCUT2D eigenvalue weighted by atomic mass is 9.44. The summed E-state index contributed by atoms with van der Waals surface area (Å²) >= 11 is 0. The van der Waals surface area contributed by atoms with Gasteiger partial charge in [-0.3, -0.25) is 34.2 Å². The largest absolute Gasteiger partial charge is 0.508 e. The molecule has 9 rings (SSSR count). The summed E-state index contributed by atoms with van der Waals surface area (Å²) in [5.41, 5.74) is 2.04. The number of aromatic hydroxyl groups is 1. The van der Waals surface area contributed by atoms with Crippen molar-refractivity contribution in [2.75, 3.05) is 4.90 Å². The number of ketones is 2. The fourth-order valence-corrected chi connectivity index (χ4v) is 9.79. The van der Waals surface area contributed by atoms with Crippen LogP contribution >= 0.6 is 0 Å². The number of ether oxygens (including phenoxy) is 1. The molecule has 3 aliphatic carbocycles. The number of nitrogens with zero attached hydrogens (tertiary/aromatic N) is 2. The highest BCUT2D eigenvalue weighted by Crippen LogP contribution is 2.64. The van der Waals surface area contributed by atoms with Crippen LogP contribution in [0.5, 0.6) is 11.5 Å². The summed E-state index contributed by atoms with van der Waals surface area (Å²) in [7, 11) is 0. The molecule has 0 radical (unpaired) electrons. The quantitative estimate of drug-likeness (QED) is 0.0728. The van der Waals surface area contributed by atoms with Gasteiger partial charge in [0.2, 0.25) is 11.8 Å². The minimum Gasteiger partial charge on any atom is -0.508 e. The number of phenols is 1. The van der Waals surface area contributed by atoms with Crippen LogP contribution in [0.1, 0.15) is 41.0 Å². The molecule has 0 aromatic heterocycles. The highest BCUT2D eigenvalue weighted by Gasteiger charge is 2.66. The first kappa shape index (κ1) is 35.7. The average molecular weight is 757 g/mol. The molecular formula is C47H36N2O8. The van der Waals surface area contributed by atoms with Crippen LogP contribution in [0.15, 0.2) is 151 Å². The number of imide groups is 1. The fourth-order valence-electron chi connectivity index (χ4n) is 9.79. The smallest absolute Gasteiger partial charge is 0.269 e. The summed E-state index contributed by atoms with van der Waals surface area (Å²) in [6, 6.07) is 38.1. The topological polar surface area (TPSA) is 144 Å². The number of hydrogen-bond donors (Lipinski definition) is 1. The van der Waals surface area contributed by atoms with Gasteiger partial charge in [0.15, 0.2) is 11.6 Å². The third-order valence-corrected chi connectivity index (χ3v) is 12.3. The molecule has 1 heterocycles. The minimum atomic E-state index is -1.51. The van der Waals surface area contributed by atoms with Gasteiger partial charge in [-0.1, -0.05) is 109 Å². The molecule has 10 nitrogen and oxygen atoms in total. The first-order valence-electron chi connectivity index (χ1n) is 18.9. The van der Waals surface area contributed by atoms with Crippen molar-refractivity contribution < 1.29 is 33.9 Å². The Morgan fingerprint density at radius 1 is 0.789 bits per heavy atom. The fraction of sp³-hybridized carbons (Fsp3) is 0.191. The van der Waals surface area contributed by atoms with E-state index in [1.807, 2.05) is 72.8 Å². The van der Waals surface area contributed by atoms with E-state index < -0.39 is 51.7 Å². The maximum absolute atomic E-state index is 15.3. The van der Waals surface area contributed by atoms with Crippen molar-refractivity contribution in [3.63, 3.8) is 0 Å². The SMILES string of the molecule is O=C1C(c2ccccc2)=CC(=O)C2(c3ccccc3)C1CC1C(=CCC3C(=O)N(c4ccc([N+](=O)[O-])cc4)C(=O)C31)C2c1ccc(OCc2ccccc2)cc1O. The number of amides is 2. The molecule has 6 unspecified atom stereocenters. The third-order valence-electron chi connectivity index (χ3n) is 12.3. The van der Waals surface area contributed by atoms with Crippen molar-refractivity contribution in [1.29, 1.82) is 0 Å². The molecule has 0 spiro atoms. The Morgan fingerprint density at radius 3 is 2.12 bits per heavy atom. The Bertz CT molecular complexity index is 2520. The number of nitro groups is 1. The summed E-state index contributed by atoms with van der Waals surface area (Å²) in [4.78, 5) is 71.1. The first-order valence-corrected chi connectivity index (χ1v) is 18.9. The molecule has 6 atom stereocenters. The number of anilines is 1. The van der Waals surface area contributed by atoms with Gasteiger partial charge in [0, 0.05) is 41.2 Å². The van der Waals surface area contributed by atoms with Crippen molar-refractivity contribution in [2.24, 2.45) is 23.7 Å². The lowest BCUT2D eigenvalue weighted by Crippen LogP contribution is -2.58. The van der Waals surface area contributed by atoms with Crippen molar-refractivity contribution in [2.45, 2.75) is 30.8 Å². The molecule has 5 aromatic carbocycles. The zero-order chi connectivity index (χ0) is 39.4. The Balaban J connectivity index is 1.21. The van der Waals surface area contributed by atoms with Gasteiger partial charge in [0.25, 0.3) is 5.69 Å². The van der Waals surface area contributed by atoms with Gasteiger partial charge in [0.1, 0.15) is 18.1 Å². The molecule has 10 heteroatoms. The predicted octanol–water partition coefficient (Wildman–Crippen LogP) is 7.91. The molecular weight excluding hydrogens is 721 g/mol. The summed E-state index contributed by atoms with van der Waals surface area (Å²) in [5.74, 6) is -5.37. The number of hydrogen-bond acceptors (Lipinski definition) is 8. The van der Waals surface area contributed by atoms with Gasteiger partial charge in [0.05, 0.1) is 27.9 Å². The van der Waals surface area contributed by atoms with E-state index in [1.165, 1.54) is 36.4 Å². The molecule has 1 saturated heterocycles. The highest BCUT2D eigenvalue weighted by atomic mass is 16.6. The number of benzene rings is 5. The van der Waals surface area contributed by atoms with Crippen molar-refractivity contribution in [1.82, 2.24) is 0 Å². The normalized spacial score (nSPS) is 25.2. The van der Waals surface area contributed by atoms with E-state index in [-0.39, 0.29) is 53.7 Å². The molecule has 1 aliphatic heterocycles. The first-order chi connectivity index (χ1) is 27.7. The Morgan fingerprint density at radius 2 is 1.46 bits per heavy atom. The summed E-state index contributed by atoms with van der Waals surface area (Å²) in [5, 5.41) is 23.4. The van der Waals surface area contributed by atoms with Crippen LogP contribution < -0.4 is 9.64 Å². The van der Waals surface area contributed by atoms with E-state index in [9.17, 15) is 24.8 Å². The van der Waals surface area contributed by atoms with Crippen LogP contribution in [0, 0.1) is 33.8 Å². The number of allylic oxidation sites excluding steroid dienone is 4. The third kappa shape index (κ3) is 5.70. The van der Waals surface area contributed by atoms with Crippen molar-refractivity contribution >= 4 is 40.3 Å². The lowest BCUT2D eigenvalue weighted by Gasteiger charge is -2.55. The second-order valence-corrected chi connectivity index (χ2v) is 15.1. The van der Waals surface area contributed by atoms with Crippen LogP contribution in [0.3, 0.4) is 0 Å². The molecule has 1 saturated carbocycles. The van der Waals surface area contributed by atoms with Gasteiger partial charge < -0.3 is 9.84 Å². The van der Waals surface area contributed by atoms with Gasteiger partial charge in [-0.2, -0.15) is 0 Å². The predicted molar refractivity (Wildman–Crippen MR) is 211 cm³/mol. The second kappa shape index (κ2) is 14.0. The van der Waals surface area contributed by atoms with Crippen LogP contribution in [-0.4, -0.2) is 33.4 Å². The Kier molecular flexibility index (Phi) is 8.76. The number of carbonyl (C=O) groups is 4. The zero-order valence-electron chi connectivity index (χ0n) is 30.6. The van der Waals surface area contributed by atoms with E-state index in [4.69, 9.17) is 4.74 Å². The van der Waals surface area contributed by atoms with Gasteiger partial charge in [-0.05, 0) is 59.7 Å². The molecule has 5 aromatic rings. The maximum Gasteiger partial charge on any atom is 0.269 e. The van der Waals surface area contributed by atoms with Crippen LogP contribution in [0.4, 0.5) is 11.4 Å². The number of carbonyl (C=O) groups excluding carboxylic acids is 4. The average Bonchev–Trinajstić information content (AvgIpc) is 3.50. The number of phenolic OH excluding ortho intramolecular Hbond substituents is 1. The van der Waals surface area contributed by atoms with E-state index in [2.05, 4.69) is 0 Å². The Hall–Kier alpha value is -6.94. The summed E-state index contributed by atoms with van der Waals surface area (Å²) < 4.78 is 6.07. The van der Waals surface area contributed by atoms with Crippen LogP contribution in [-0.2, 0) is 31.2 Å². The monoisotopic (exact) mass is 756 g/mol. The van der Waals surface area contributed by atoms with E-state index in [0.29, 0.717) is 28.0 Å². The van der Waals surface area contributed by atoms with Crippen molar-refractivity contribution in [3.8, 4) is 11.5 Å². The number of nitro benzene ring substituents is 1. The lowest BCUT2D eigenvalue weighted by molar-refractivity contribution is -0.384. The molecule has 2 fully saturated rings. The molecule has 2 amide bonds. The summed E-state index contributed by atoms with van der Waals surface area (Å²) in [6.45, 7) is 0.261. The molecule has 282 valence electrons. The number of fused-ring (bicyclic) bond motifs is 4. The zero-order valence-corrected chi connectivity index (χ0v) is 30.6. The van der Waals surface area contributed by atoms with Crippen LogP contribution in [0.2, 0.25) is 0 Å². The van der Waals surface area contributed by atoms with Crippen molar-refractivity contribution in [3.05, 3.63) is 184 Å². The van der Waals surface area contributed by atoms with Gasteiger partial charge in [-0.25, -0.2) is 0 Å². The van der Waals surface area contributed by atoms with Gasteiger partial charge >= 0.3 is 0 Å². The molecule has 4 aliphatic rings. The number of rotatable bonds is 8. The number of non-ortho nitro benzene ring substituents is 1. The minimum absolute atomic E-state index is 0.0965. The molecule has 0 bridgehead atoms.